The number of aromatic amines is 1. The Morgan fingerprint density at radius 3 is 2.81 bits per heavy atom. The van der Waals surface area contributed by atoms with Gasteiger partial charge in [-0.3, -0.25) is 4.79 Å². The topological polar surface area (TPSA) is 76.2 Å². The van der Waals surface area contributed by atoms with Crippen molar-refractivity contribution < 1.29 is 23.0 Å². The molecule has 8 heteroatoms. The number of H-pyrrole nitrogens is 1. The molecule has 0 aliphatic heterocycles. The van der Waals surface area contributed by atoms with Gasteiger partial charge in [-0.2, -0.15) is 8.78 Å². The number of nitrogens with one attached hydrogen (secondary N) is 2. The fraction of sp³-hybridized carbons (Fsp3) is 0.158. The average Bonchev–Trinajstić information content (AvgIpc) is 3.08. The Bertz CT molecular complexity index is 937. The number of amides is 1. The molecule has 2 N–H and O–H groups in total. The summed E-state index contributed by atoms with van der Waals surface area (Å²) in [4.78, 5) is 19.5. The lowest BCUT2D eigenvalue weighted by atomic mass is 10.2. The molecule has 0 bridgehead atoms. The van der Waals surface area contributed by atoms with E-state index in [-0.39, 0.29) is 24.0 Å². The van der Waals surface area contributed by atoms with Crippen LogP contribution in [0.15, 0.2) is 48.5 Å². The first-order valence-corrected chi connectivity index (χ1v) is 8.07. The molecule has 0 saturated heterocycles. The summed E-state index contributed by atoms with van der Waals surface area (Å²) in [5.74, 6) is 0.412. The summed E-state index contributed by atoms with van der Waals surface area (Å²) in [5, 5.41) is 2.72. The predicted octanol–water partition coefficient (Wildman–Crippen LogP) is 3.50. The Labute approximate surface area is 153 Å². The summed E-state index contributed by atoms with van der Waals surface area (Å²) in [5.41, 5.74) is 2.33. The molecule has 140 valence electrons. The Hall–Kier alpha value is -3.42. The minimum atomic E-state index is -2.94. The number of para-hydroxylation sites is 2. The molecule has 0 fully saturated rings. The molecule has 1 heterocycles. The van der Waals surface area contributed by atoms with Gasteiger partial charge < -0.3 is 19.8 Å². The second kappa shape index (κ2) is 8.31. The van der Waals surface area contributed by atoms with Gasteiger partial charge in [0, 0.05) is 6.08 Å². The maximum absolute atomic E-state index is 12.3. The lowest BCUT2D eigenvalue weighted by Gasteiger charge is -2.10. The van der Waals surface area contributed by atoms with E-state index in [2.05, 4.69) is 20.0 Å². The van der Waals surface area contributed by atoms with E-state index in [0.717, 1.165) is 11.0 Å². The number of aromatic nitrogens is 2. The van der Waals surface area contributed by atoms with Gasteiger partial charge in [0.2, 0.25) is 5.91 Å². The second-order valence-electron chi connectivity index (χ2n) is 5.54. The molecule has 0 aliphatic carbocycles. The Kier molecular flexibility index (Phi) is 5.65. The smallest absolute Gasteiger partial charge is 0.387 e. The van der Waals surface area contributed by atoms with E-state index in [1.54, 1.807) is 12.1 Å². The standard InChI is InChI=1S/C19H17F2N3O3/c1-26-16-10-12(6-8-15(16)27-19(20)21)7-9-18(25)22-11-17-23-13-4-2-3-5-14(13)24-17/h2-10,19H,11H2,1H3,(H,22,25)(H,23,24). The number of alkyl halides is 2. The molecule has 3 aromatic rings. The highest BCUT2D eigenvalue weighted by Gasteiger charge is 2.10. The molecule has 2 aromatic carbocycles. The number of carbonyl (C=O) groups is 1. The van der Waals surface area contributed by atoms with Crippen LogP contribution in [0.3, 0.4) is 0 Å². The molecule has 0 radical (unpaired) electrons. The fourth-order valence-electron chi connectivity index (χ4n) is 2.47. The maximum Gasteiger partial charge on any atom is 0.387 e. The average molecular weight is 373 g/mol. The Balaban J connectivity index is 1.60. The van der Waals surface area contributed by atoms with Crippen molar-refractivity contribution in [2.45, 2.75) is 13.2 Å². The van der Waals surface area contributed by atoms with Crippen LogP contribution in [0.2, 0.25) is 0 Å². The van der Waals surface area contributed by atoms with Crippen molar-refractivity contribution in [3.63, 3.8) is 0 Å². The van der Waals surface area contributed by atoms with Crippen LogP contribution in [-0.4, -0.2) is 29.6 Å². The molecule has 1 aromatic heterocycles. The van der Waals surface area contributed by atoms with Gasteiger partial charge in [0.25, 0.3) is 0 Å². The number of carbonyl (C=O) groups excluding carboxylic acids is 1. The van der Waals surface area contributed by atoms with Crippen LogP contribution in [0.5, 0.6) is 11.5 Å². The maximum atomic E-state index is 12.3. The quantitative estimate of drug-likeness (QED) is 0.622. The van der Waals surface area contributed by atoms with Crippen LogP contribution in [0.1, 0.15) is 11.4 Å². The van der Waals surface area contributed by atoms with Crippen molar-refractivity contribution in [3.05, 3.63) is 59.9 Å². The number of ether oxygens (including phenoxy) is 2. The van der Waals surface area contributed by atoms with Gasteiger partial charge in [0.1, 0.15) is 5.82 Å². The number of halogens is 2. The van der Waals surface area contributed by atoms with Crippen LogP contribution in [0, 0.1) is 0 Å². The first-order valence-electron chi connectivity index (χ1n) is 8.07. The van der Waals surface area contributed by atoms with Gasteiger partial charge in [-0.1, -0.05) is 18.2 Å². The number of benzene rings is 2. The van der Waals surface area contributed by atoms with Crippen molar-refractivity contribution in [1.29, 1.82) is 0 Å². The van der Waals surface area contributed by atoms with Crippen molar-refractivity contribution in [3.8, 4) is 11.5 Å². The zero-order chi connectivity index (χ0) is 19.2. The summed E-state index contributed by atoms with van der Waals surface area (Å²) in [7, 11) is 1.35. The molecule has 0 aliphatic rings. The minimum Gasteiger partial charge on any atom is -0.493 e. The van der Waals surface area contributed by atoms with Crippen molar-refractivity contribution >= 4 is 23.0 Å². The first kappa shape index (κ1) is 18.4. The molecule has 27 heavy (non-hydrogen) atoms. The number of hydrogen-bond acceptors (Lipinski definition) is 4. The van der Waals surface area contributed by atoms with Crippen LogP contribution >= 0.6 is 0 Å². The van der Waals surface area contributed by atoms with Gasteiger partial charge in [-0.05, 0) is 35.9 Å². The summed E-state index contributed by atoms with van der Waals surface area (Å²) in [6.07, 6.45) is 2.88. The van der Waals surface area contributed by atoms with Crippen molar-refractivity contribution in [2.75, 3.05) is 7.11 Å². The van der Waals surface area contributed by atoms with Crippen LogP contribution in [-0.2, 0) is 11.3 Å². The minimum absolute atomic E-state index is 0.0704. The third-order valence-electron chi connectivity index (χ3n) is 3.70. The van der Waals surface area contributed by atoms with E-state index in [1.165, 1.54) is 25.3 Å². The monoisotopic (exact) mass is 373 g/mol. The highest BCUT2D eigenvalue weighted by atomic mass is 19.3. The summed E-state index contributed by atoms with van der Waals surface area (Å²) >= 11 is 0. The van der Waals surface area contributed by atoms with E-state index in [1.807, 2.05) is 24.3 Å². The van der Waals surface area contributed by atoms with Gasteiger partial charge in [-0.25, -0.2) is 4.98 Å². The Morgan fingerprint density at radius 1 is 1.26 bits per heavy atom. The molecule has 0 atom stereocenters. The molecule has 1 amide bonds. The van der Waals surface area contributed by atoms with Gasteiger partial charge >= 0.3 is 6.61 Å². The lowest BCUT2D eigenvalue weighted by Crippen LogP contribution is -2.20. The molecule has 0 saturated carbocycles. The Morgan fingerprint density at radius 2 is 2.07 bits per heavy atom. The third kappa shape index (κ3) is 4.81. The number of nitrogens with zero attached hydrogens (tertiary/aromatic N) is 1. The molecule has 6 nitrogen and oxygen atoms in total. The second-order valence-corrected chi connectivity index (χ2v) is 5.54. The fourth-order valence-corrected chi connectivity index (χ4v) is 2.47. The summed E-state index contributed by atoms with van der Waals surface area (Å²) in [6, 6.07) is 12.0. The number of rotatable bonds is 7. The third-order valence-corrected chi connectivity index (χ3v) is 3.70. The van der Waals surface area contributed by atoms with Crippen molar-refractivity contribution in [1.82, 2.24) is 15.3 Å². The molecular formula is C19H17F2N3O3. The zero-order valence-electron chi connectivity index (χ0n) is 14.4. The van der Waals surface area contributed by atoms with E-state index < -0.39 is 6.61 Å². The number of imidazole rings is 1. The van der Waals surface area contributed by atoms with E-state index in [0.29, 0.717) is 11.4 Å². The zero-order valence-corrected chi connectivity index (χ0v) is 14.4. The molecule has 0 unspecified atom stereocenters. The predicted molar refractivity (Wildman–Crippen MR) is 96.6 cm³/mol. The number of fused-ring (bicyclic) bond motifs is 1. The molecule has 0 spiro atoms. The first-order chi connectivity index (χ1) is 13.0. The van der Waals surface area contributed by atoms with Crippen LogP contribution in [0.4, 0.5) is 8.78 Å². The lowest BCUT2D eigenvalue weighted by molar-refractivity contribution is -0.116. The molecule has 3 rings (SSSR count). The summed E-state index contributed by atoms with van der Waals surface area (Å²) in [6.45, 7) is -2.69. The molecular weight excluding hydrogens is 356 g/mol. The van der Waals surface area contributed by atoms with Gasteiger partial charge in [-0.15, -0.1) is 0 Å². The normalized spacial score (nSPS) is 11.3. The highest BCUT2D eigenvalue weighted by Crippen LogP contribution is 2.29. The van der Waals surface area contributed by atoms with Crippen molar-refractivity contribution in [2.24, 2.45) is 0 Å². The number of methoxy groups -OCH3 is 1. The van der Waals surface area contributed by atoms with Crippen LogP contribution in [0.25, 0.3) is 17.1 Å². The van der Waals surface area contributed by atoms with Gasteiger partial charge in [0.15, 0.2) is 11.5 Å². The van der Waals surface area contributed by atoms with E-state index in [4.69, 9.17) is 4.74 Å². The summed E-state index contributed by atoms with van der Waals surface area (Å²) < 4.78 is 34.0. The highest BCUT2D eigenvalue weighted by molar-refractivity contribution is 5.91. The van der Waals surface area contributed by atoms with E-state index >= 15 is 0 Å². The largest absolute Gasteiger partial charge is 0.493 e. The van der Waals surface area contributed by atoms with E-state index in [9.17, 15) is 13.6 Å². The van der Waals surface area contributed by atoms with Gasteiger partial charge in [0.05, 0.1) is 24.7 Å². The SMILES string of the molecule is COc1cc(C=CC(=O)NCc2nc3ccccc3[nH]2)ccc1OC(F)F. The number of hydrogen-bond donors (Lipinski definition) is 2. The van der Waals surface area contributed by atoms with Crippen LogP contribution < -0.4 is 14.8 Å².